The van der Waals surface area contributed by atoms with E-state index in [-0.39, 0.29) is 11.8 Å². The molecule has 1 aromatic rings. The predicted octanol–water partition coefficient (Wildman–Crippen LogP) is 1.20. The van der Waals surface area contributed by atoms with Crippen molar-refractivity contribution in [3.8, 4) is 5.75 Å². The van der Waals surface area contributed by atoms with Crippen molar-refractivity contribution in [3.63, 3.8) is 0 Å². The number of anilines is 1. The molecule has 21 heavy (non-hydrogen) atoms. The van der Waals surface area contributed by atoms with E-state index in [4.69, 9.17) is 9.47 Å². The van der Waals surface area contributed by atoms with Gasteiger partial charge in [0.05, 0.1) is 5.69 Å². The number of methoxy groups -OCH3 is 1. The lowest BCUT2D eigenvalue weighted by atomic mass is 10.1. The summed E-state index contributed by atoms with van der Waals surface area (Å²) in [5.41, 5.74) is 1.19. The monoisotopic (exact) mass is 292 g/mol. The number of ether oxygens (including phenoxy) is 2. The second-order valence-electron chi connectivity index (χ2n) is 4.94. The number of hydrogen-bond acceptors (Lipinski definition) is 4. The van der Waals surface area contributed by atoms with E-state index >= 15 is 0 Å². The molecule has 114 valence electrons. The second kappa shape index (κ2) is 6.58. The number of amides is 2. The Hall–Kier alpha value is -2.08. The van der Waals surface area contributed by atoms with Crippen molar-refractivity contribution in [2.45, 2.75) is 19.4 Å². The molecule has 2 rings (SSSR count). The Kier molecular flexibility index (Phi) is 4.80. The van der Waals surface area contributed by atoms with Gasteiger partial charge in [-0.1, -0.05) is 0 Å². The molecule has 0 aliphatic carbocycles. The minimum absolute atomic E-state index is 0.0979. The largest absolute Gasteiger partial charge is 0.479 e. The fraction of sp³-hybridized carbons (Fsp3) is 0.467. The Bertz CT molecular complexity index is 544. The molecule has 6 nitrogen and oxygen atoms in total. The van der Waals surface area contributed by atoms with Crippen molar-refractivity contribution >= 4 is 17.5 Å². The van der Waals surface area contributed by atoms with Crippen LogP contribution in [0, 0.1) is 0 Å². The Labute approximate surface area is 124 Å². The van der Waals surface area contributed by atoms with Gasteiger partial charge in [0.15, 0.2) is 6.10 Å². The van der Waals surface area contributed by atoms with Crippen LogP contribution in [0.4, 0.5) is 5.69 Å². The zero-order valence-corrected chi connectivity index (χ0v) is 12.5. The molecule has 0 spiro atoms. The maximum Gasteiger partial charge on any atom is 0.267 e. The first-order valence-electron chi connectivity index (χ1n) is 6.90. The summed E-state index contributed by atoms with van der Waals surface area (Å²) in [5, 5.41) is 2.82. The van der Waals surface area contributed by atoms with Crippen LogP contribution in [0.25, 0.3) is 0 Å². The maximum atomic E-state index is 12.0. The number of carbonyl (C=O) groups excluding carboxylic acids is 2. The molecule has 1 unspecified atom stereocenters. The topological polar surface area (TPSA) is 67.9 Å². The number of nitrogens with zero attached hydrogens (tertiary/aromatic N) is 1. The van der Waals surface area contributed by atoms with E-state index in [1.54, 1.807) is 44.2 Å². The van der Waals surface area contributed by atoms with E-state index < -0.39 is 6.10 Å². The third-order valence-corrected chi connectivity index (χ3v) is 3.38. The molecule has 6 heteroatoms. The van der Waals surface area contributed by atoms with Crippen molar-refractivity contribution < 1.29 is 19.1 Å². The van der Waals surface area contributed by atoms with Crippen molar-refractivity contribution in [3.05, 3.63) is 23.8 Å². The molecule has 0 saturated heterocycles. The minimum Gasteiger partial charge on any atom is -0.479 e. The van der Waals surface area contributed by atoms with Gasteiger partial charge in [-0.05, 0) is 31.5 Å². The Morgan fingerprint density at radius 3 is 2.95 bits per heavy atom. The minimum atomic E-state index is -0.539. The van der Waals surface area contributed by atoms with Crippen LogP contribution >= 0.6 is 0 Å². The lowest BCUT2D eigenvalue weighted by molar-refractivity contribution is -0.125. The summed E-state index contributed by atoms with van der Waals surface area (Å²) < 4.78 is 10.5. The van der Waals surface area contributed by atoms with Gasteiger partial charge in [-0.25, -0.2) is 0 Å². The average Bonchev–Trinajstić information content (AvgIpc) is 2.48. The number of rotatable bonds is 5. The van der Waals surface area contributed by atoms with Gasteiger partial charge in [0, 0.05) is 32.9 Å². The summed E-state index contributed by atoms with van der Waals surface area (Å²) in [6.07, 6.45) is 0.223. The zero-order chi connectivity index (χ0) is 15.4. The van der Waals surface area contributed by atoms with Crippen LogP contribution in [-0.4, -0.2) is 45.2 Å². The molecule has 1 heterocycles. The van der Waals surface area contributed by atoms with Gasteiger partial charge in [0.25, 0.3) is 11.8 Å². The van der Waals surface area contributed by atoms with Crippen LogP contribution in [0.5, 0.6) is 5.75 Å². The van der Waals surface area contributed by atoms with Crippen LogP contribution in [0.2, 0.25) is 0 Å². The molecule has 0 fully saturated rings. The zero-order valence-electron chi connectivity index (χ0n) is 12.5. The van der Waals surface area contributed by atoms with Crippen LogP contribution in [0.3, 0.4) is 0 Å². The molecule has 1 aliphatic heterocycles. The molecule has 1 atom stereocenters. The van der Waals surface area contributed by atoms with Gasteiger partial charge in [0.1, 0.15) is 5.75 Å². The highest BCUT2D eigenvalue weighted by Crippen LogP contribution is 2.33. The lowest BCUT2D eigenvalue weighted by Gasteiger charge is -2.30. The fourth-order valence-corrected chi connectivity index (χ4v) is 2.18. The van der Waals surface area contributed by atoms with Crippen molar-refractivity contribution in [2.24, 2.45) is 0 Å². The highest BCUT2D eigenvalue weighted by molar-refractivity contribution is 6.01. The molecule has 1 aromatic carbocycles. The summed E-state index contributed by atoms with van der Waals surface area (Å²) in [5.74, 6) is 0.290. The number of carbonyl (C=O) groups is 2. The molecule has 0 saturated carbocycles. The normalized spacial score (nSPS) is 17.2. The van der Waals surface area contributed by atoms with E-state index in [1.165, 1.54) is 0 Å². The van der Waals surface area contributed by atoms with Crippen LogP contribution < -0.4 is 15.0 Å². The summed E-state index contributed by atoms with van der Waals surface area (Å²) >= 11 is 0. The molecular weight excluding hydrogens is 272 g/mol. The van der Waals surface area contributed by atoms with Gasteiger partial charge in [-0.2, -0.15) is 0 Å². The smallest absolute Gasteiger partial charge is 0.267 e. The average molecular weight is 292 g/mol. The van der Waals surface area contributed by atoms with Gasteiger partial charge < -0.3 is 19.7 Å². The van der Waals surface area contributed by atoms with Crippen molar-refractivity contribution in [2.75, 3.05) is 32.2 Å². The number of likely N-dealkylation sites (N-methyl/N-ethyl adjacent to an activating group) is 1. The Morgan fingerprint density at radius 2 is 2.24 bits per heavy atom. The van der Waals surface area contributed by atoms with E-state index in [9.17, 15) is 9.59 Å². The first-order valence-corrected chi connectivity index (χ1v) is 6.90. The maximum absolute atomic E-state index is 12.0. The van der Waals surface area contributed by atoms with Gasteiger partial charge in [-0.3, -0.25) is 9.59 Å². The highest BCUT2D eigenvalue weighted by Gasteiger charge is 2.29. The van der Waals surface area contributed by atoms with E-state index in [1.807, 2.05) is 0 Å². The predicted molar refractivity (Wildman–Crippen MR) is 78.8 cm³/mol. The third-order valence-electron chi connectivity index (χ3n) is 3.38. The molecule has 1 N–H and O–H groups in total. The third kappa shape index (κ3) is 3.33. The molecular formula is C15H20N2O4. The second-order valence-corrected chi connectivity index (χ2v) is 4.94. The Balaban J connectivity index is 2.09. The summed E-state index contributed by atoms with van der Waals surface area (Å²) in [7, 11) is 3.33. The first kappa shape index (κ1) is 15.3. The molecule has 1 aliphatic rings. The molecule has 0 aromatic heterocycles. The van der Waals surface area contributed by atoms with E-state index in [0.717, 1.165) is 6.42 Å². The molecule has 0 bridgehead atoms. The summed E-state index contributed by atoms with van der Waals surface area (Å²) in [6, 6.07) is 5.08. The van der Waals surface area contributed by atoms with Crippen LogP contribution in [-0.2, 0) is 9.53 Å². The van der Waals surface area contributed by atoms with Crippen molar-refractivity contribution in [1.82, 2.24) is 5.32 Å². The van der Waals surface area contributed by atoms with Gasteiger partial charge in [0.2, 0.25) is 0 Å². The van der Waals surface area contributed by atoms with Gasteiger partial charge >= 0.3 is 0 Å². The van der Waals surface area contributed by atoms with Crippen molar-refractivity contribution in [1.29, 1.82) is 0 Å². The number of fused-ring (bicyclic) bond motifs is 1. The highest BCUT2D eigenvalue weighted by atomic mass is 16.5. The fourth-order valence-electron chi connectivity index (χ4n) is 2.18. The van der Waals surface area contributed by atoms with Crippen LogP contribution in [0.1, 0.15) is 23.7 Å². The first-order chi connectivity index (χ1) is 10.0. The summed E-state index contributed by atoms with van der Waals surface area (Å²) in [4.78, 5) is 25.4. The number of benzene rings is 1. The molecule has 0 radical (unpaired) electrons. The van der Waals surface area contributed by atoms with Gasteiger partial charge in [-0.15, -0.1) is 0 Å². The Morgan fingerprint density at radius 1 is 1.48 bits per heavy atom. The lowest BCUT2D eigenvalue weighted by Crippen LogP contribution is -2.42. The standard InChI is InChI=1S/C15H20N2O4/c1-10-15(19)17(2)12-6-5-11(9-13(12)21-10)14(18)16-7-4-8-20-3/h5-6,9-10H,4,7-8H2,1-3H3,(H,16,18). The van der Waals surface area contributed by atoms with E-state index in [2.05, 4.69) is 5.32 Å². The van der Waals surface area contributed by atoms with Crippen LogP contribution in [0.15, 0.2) is 18.2 Å². The number of nitrogens with one attached hydrogen (secondary N) is 1. The number of hydrogen-bond donors (Lipinski definition) is 1. The quantitative estimate of drug-likeness (QED) is 0.828. The molecule has 2 amide bonds. The van der Waals surface area contributed by atoms with E-state index in [0.29, 0.717) is 30.2 Å². The summed E-state index contributed by atoms with van der Waals surface area (Å²) in [6.45, 7) is 2.86. The SMILES string of the molecule is COCCCNC(=O)c1ccc2c(c1)OC(C)C(=O)N2C.